The van der Waals surface area contributed by atoms with E-state index >= 15 is 0 Å². The van der Waals surface area contributed by atoms with Crippen molar-refractivity contribution in [1.82, 2.24) is 0 Å². The van der Waals surface area contributed by atoms with Gasteiger partial charge in [0.05, 0.1) is 19.6 Å². The Morgan fingerprint density at radius 3 is 1.50 bits per heavy atom. The lowest BCUT2D eigenvalue weighted by Crippen LogP contribution is -2.55. The highest BCUT2D eigenvalue weighted by molar-refractivity contribution is 4.95. The minimum atomic E-state index is -6.06. The summed E-state index contributed by atoms with van der Waals surface area (Å²) in [6.45, 7) is -0.313. The third kappa shape index (κ3) is 2.40. The molecule has 0 aliphatic carbocycles. The van der Waals surface area contributed by atoms with Crippen molar-refractivity contribution in [1.29, 1.82) is 0 Å². The topological polar surface area (TPSA) is 18.5 Å². The summed E-state index contributed by atoms with van der Waals surface area (Å²) < 4.78 is 94.1. The van der Waals surface area contributed by atoms with Crippen molar-refractivity contribution in [3.63, 3.8) is 0 Å². The van der Waals surface area contributed by atoms with E-state index in [1.54, 1.807) is 0 Å². The van der Waals surface area contributed by atoms with Gasteiger partial charge in [-0.2, -0.15) is 26.3 Å². The zero-order chi connectivity index (χ0) is 12.6. The van der Waals surface area contributed by atoms with E-state index in [9.17, 15) is 30.7 Å². The summed E-state index contributed by atoms with van der Waals surface area (Å²) in [7, 11) is 0. The minimum absolute atomic E-state index is 0.156. The first kappa shape index (κ1) is 13.5. The summed E-state index contributed by atoms with van der Waals surface area (Å²) in [5.41, 5.74) is -5.31. The molecule has 0 amide bonds. The molecule has 1 aliphatic heterocycles. The van der Waals surface area contributed by atoms with Crippen LogP contribution in [0, 0.1) is 0 Å². The molecule has 1 fully saturated rings. The summed E-state index contributed by atoms with van der Waals surface area (Å²) in [6, 6.07) is 0. The van der Waals surface area contributed by atoms with Crippen LogP contribution in [0.5, 0.6) is 0 Å². The summed E-state index contributed by atoms with van der Waals surface area (Å²) >= 11 is 0. The van der Waals surface area contributed by atoms with Crippen molar-refractivity contribution >= 4 is 0 Å². The molecule has 0 aromatic rings. The number of hydrogen-bond donors (Lipinski definition) is 0. The molecule has 96 valence electrons. The van der Waals surface area contributed by atoms with Crippen LogP contribution in [0.4, 0.5) is 30.7 Å². The van der Waals surface area contributed by atoms with Crippen molar-refractivity contribution in [2.24, 2.45) is 0 Å². The zero-order valence-corrected chi connectivity index (χ0v) is 7.66. The van der Waals surface area contributed by atoms with Crippen molar-refractivity contribution in [2.45, 2.75) is 30.7 Å². The van der Waals surface area contributed by atoms with Gasteiger partial charge in [-0.25, -0.2) is 4.39 Å². The van der Waals surface area contributed by atoms with Gasteiger partial charge in [-0.3, -0.25) is 0 Å². The zero-order valence-electron chi connectivity index (χ0n) is 7.66. The molecule has 9 heteroatoms. The molecular formula is C7H7F7O2. The van der Waals surface area contributed by atoms with Crippen LogP contribution < -0.4 is 0 Å². The molecule has 0 bridgehead atoms. The second-order valence-corrected chi connectivity index (χ2v) is 3.17. The first-order valence-corrected chi connectivity index (χ1v) is 4.13. The van der Waals surface area contributed by atoms with Crippen molar-refractivity contribution < 1.29 is 40.2 Å². The Labute approximate surface area is 85.3 Å². The molecule has 1 rings (SSSR count). The fourth-order valence-electron chi connectivity index (χ4n) is 1.15. The standard InChI is InChI=1S/C7H7F7O2/c8-5(6(9,10)11,7(12,13)14)3-4-15-1-2-16-4/h4H,1-3H2. The van der Waals surface area contributed by atoms with Crippen molar-refractivity contribution in [2.75, 3.05) is 13.2 Å². The minimum Gasteiger partial charge on any atom is -0.350 e. The van der Waals surface area contributed by atoms with Crippen LogP contribution in [0.25, 0.3) is 0 Å². The van der Waals surface area contributed by atoms with Crippen LogP contribution in [0.15, 0.2) is 0 Å². The Balaban J connectivity index is 2.87. The van der Waals surface area contributed by atoms with E-state index in [1.165, 1.54) is 0 Å². The maximum absolute atomic E-state index is 13.0. The first-order chi connectivity index (χ1) is 7.08. The molecule has 1 heterocycles. The number of rotatable bonds is 2. The van der Waals surface area contributed by atoms with E-state index < -0.39 is 30.7 Å². The maximum Gasteiger partial charge on any atom is 0.431 e. The van der Waals surface area contributed by atoms with Crippen LogP contribution >= 0.6 is 0 Å². The third-order valence-electron chi connectivity index (χ3n) is 2.04. The molecule has 0 aromatic heterocycles. The molecule has 0 N–H and O–H groups in total. The van der Waals surface area contributed by atoms with Crippen LogP contribution in [-0.2, 0) is 9.47 Å². The maximum atomic E-state index is 13.0. The first-order valence-electron chi connectivity index (χ1n) is 4.13. The van der Waals surface area contributed by atoms with E-state index in [0.29, 0.717) is 0 Å². The van der Waals surface area contributed by atoms with E-state index in [2.05, 4.69) is 9.47 Å². The van der Waals surface area contributed by atoms with Gasteiger partial charge >= 0.3 is 18.0 Å². The molecule has 0 unspecified atom stereocenters. The highest BCUT2D eigenvalue weighted by Crippen LogP contribution is 2.49. The van der Waals surface area contributed by atoms with Crippen LogP contribution in [0.3, 0.4) is 0 Å². The van der Waals surface area contributed by atoms with Gasteiger partial charge in [0.1, 0.15) is 0 Å². The smallest absolute Gasteiger partial charge is 0.350 e. The van der Waals surface area contributed by atoms with Gasteiger partial charge in [-0.05, 0) is 0 Å². The summed E-state index contributed by atoms with van der Waals surface area (Å²) in [4.78, 5) is 0. The fourth-order valence-corrected chi connectivity index (χ4v) is 1.15. The Bertz CT molecular complexity index is 226. The van der Waals surface area contributed by atoms with Crippen LogP contribution in [-0.4, -0.2) is 37.5 Å². The predicted molar refractivity (Wildman–Crippen MR) is 36.3 cm³/mol. The van der Waals surface area contributed by atoms with Gasteiger partial charge in [0.25, 0.3) is 0 Å². The Kier molecular flexibility index (Phi) is 3.39. The molecule has 0 saturated carbocycles. The van der Waals surface area contributed by atoms with Gasteiger partial charge in [0.2, 0.25) is 0 Å². The van der Waals surface area contributed by atoms with E-state index in [4.69, 9.17) is 0 Å². The Hall–Kier alpha value is -0.570. The van der Waals surface area contributed by atoms with Crippen molar-refractivity contribution in [3.8, 4) is 0 Å². The highest BCUT2D eigenvalue weighted by atomic mass is 19.4. The lowest BCUT2D eigenvalue weighted by molar-refractivity contribution is -0.352. The number of ether oxygens (including phenoxy) is 2. The van der Waals surface area contributed by atoms with Gasteiger partial charge in [-0.1, -0.05) is 0 Å². The quantitative estimate of drug-likeness (QED) is 0.707. The molecule has 0 aromatic carbocycles. The van der Waals surface area contributed by atoms with E-state index in [-0.39, 0.29) is 13.2 Å². The third-order valence-corrected chi connectivity index (χ3v) is 2.04. The van der Waals surface area contributed by atoms with E-state index in [1.807, 2.05) is 0 Å². The molecule has 16 heavy (non-hydrogen) atoms. The second kappa shape index (κ2) is 4.02. The van der Waals surface area contributed by atoms with Crippen molar-refractivity contribution in [3.05, 3.63) is 0 Å². The number of alkyl halides is 7. The van der Waals surface area contributed by atoms with Crippen LogP contribution in [0.2, 0.25) is 0 Å². The Morgan fingerprint density at radius 2 is 1.19 bits per heavy atom. The summed E-state index contributed by atoms with van der Waals surface area (Å²) in [5.74, 6) is 0. The number of halogens is 7. The second-order valence-electron chi connectivity index (χ2n) is 3.17. The SMILES string of the molecule is FC(F)(F)C(F)(CC1OCCO1)C(F)(F)F. The van der Waals surface area contributed by atoms with Gasteiger partial charge in [0, 0.05) is 0 Å². The molecule has 1 aliphatic rings. The predicted octanol–water partition coefficient (Wildman–Crippen LogP) is 2.58. The molecular weight excluding hydrogens is 249 g/mol. The largest absolute Gasteiger partial charge is 0.431 e. The highest BCUT2D eigenvalue weighted by Gasteiger charge is 2.73. The Morgan fingerprint density at radius 1 is 0.812 bits per heavy atom. The number of hydrogen-bond acceptors (Lipinski definition) is 2. The van der Waals surface area contributed by atoms with Crippen LogP contribution in [0.1, 0.15) is 6.42 Å². The van der Waals surface area contributed by atoms with Gasteiger partial charge in [-0.15, -0.1) is 0 Å². The lowest BCUT2D eigenvalue weighted by atomic mass is 10.0. The van der Waals surface area contributed by atoms with E-state index in [0.717, 1.165) is 0 Å². The average molecular weight is 256 g/mol. The molecule has 0 spiro atoms. The summed E-state index contributed by atoms with van der Waals surface area (Å²) in [5, 5.41) is 0. The molecule has 2 nitrogen and oxygen atoms in total. The monoisotopic (exact) mass is 256 g/mol. The van der Waals surface area contributed by atoms with Gasteiger partial charge < -0.3 is 9.47 Å². The molecule has 0 radical (unpaired) electrons. The average Bonchev–Trinajstić information content (AvgIpc) is 2.52. The molecule has 0 atom stereocenters. The lowest BCUT2D eigenvalue weighted by Gasteiger charge is -2.31. The normalized spacial score (nSPS) is 20.4. The summed E-state index contributed by atoms with van der Waals surface area (Å²) in [6.07, 6.45) is -15.9. The van der Waals surface area contributed by atoms with Gasteiger partial charge in [0.15, 0.2) is 6.29 Å². The fraction of sp³-hybridized carbons (Fsp3) is 1.00. The molecule has 1 saturated heterocycles.